The average molecular weight is 303 g/mol. The predicted octanol–water partition coefficient (Wildman–Crippen LogP) is -1.35. The van der Waals surface area contributed by atoms with Crippen LogP contribution in [0.25, 0.3) is 0 Å². The van der Waals surface area contributed by atoms with E-state index in [2.05, 4.69) is 0 Å². The van der Waals surface area contributed by atoms with Crippen LogP contribution in [0.15, 0.2) is 0 Å². The molecule has 1 unspecified atom stereocenters. The molecule has 7 heteroatoms. The van der Waals surface area contributed by atoms with Crippen molar-refractivity contribution in [2.45, 2.75) is 4.05 Å². The van der Waals surface area contributed by atoms with Crippen LogP contribution in [-0.2, 0) is 9.59 Å². The zero-order valence-electron chi connectivity index (χ0n) is 6.68. The predicted molar refractivity (Wildman–Crippen MR) is 51.3 cm³/mol. The van der Waals surface area contributed by atoms with E-state index in [1.165, 1.54) is 0 Å². The number of carboxylic acid groups (broad SMARTS) is 1. The lowest BCUT2D eigenvalue weighted by molar-refractivity contribution is -0.156. The van der Waals surface area contributed by atoms with Gasteiger partial charge in [-0.15, -0.1) is 0 Å². The summed E-state index contributed by atoms with van der Waals surface area (Å²) in [6, 6.07) is 0. The normalized spacial score (nSPS) is 12.2. The molecule has 76 valence electrons. The standard InChI is InChI=1S/C6H10INO5/c7-4(3-10)8(1-2-9)5(11)6(12)13/h4,9-10H,1-3H2,(H,12,13). The third-order valence-corrected chi connectivity index (χ3v) is 2.34. The van der Waals surface area contributed by atoms with Crippen molar-refractivity contribution in [3.8, 4) is 0 Å². The fourth-order valence-corrected chi connectivity index (χ4v) is 1.23. The smallest absolute Gasteiger partial charge is 0.394 e. The van der Waals surface area contributed by atoms with Crippen molar-refractivity contribution in [2.24, 2.45) is 0 Å². The average Bonchev–Trinajstić information content (AvgIpc) is 2.11. The molecule has 3 N–H and O–H groups in total. The van der Waals surface area contributed by atoms with Gasteiger partial charge in [-0.2, -0.15) is 0 Å². The van der Waals surface area contributed by atoms with Gasteiger partial charge in [-0.1, -0.05) is 22.6 Å². The van der Waals surface area contributed by atoms with Crippen LogP contribution in [0.5, 0.6) is 0 Å². The zero-order valence-corrected chi connectivity index (χ0v) is 8.84. The molecular formula is C6H10INO5. The molecule has 0 aromatic heterocycles. The first-order valence-electron chi connectivity index (χ1n) is 3.44. The first-order valence-corrected chi connectivity index (χ1v) is 4.68. The maximum Gasteiger partial charge on any atom is 0.394 e. The number of carbonyl (C=O) groups is 2. The Morgan fingerprint density at radius 2 is 1.92 bits per heavy atom. The van der Waals surface area contributed by atoms with E-state index in [0.717, 1.165) is 4.90 Å². The number of hydrogen-bond acceptors (Lipinski definition) is 4. The Bertz CT molecular complexity index is 197. The van der Waals surface area contributed by atoms with Gasteiger partial charge < -0.3 is 20.2 Å². The van der Waals surface area contributed by atoms with Gasteiger partial charge in [-0.05, 0) is 0 Å². The SMILES string of the molecule is O=C(O)C(=O)N(CCO)C(I)CO. The number of alkyl halides is 1. The van der Waals surface area contributed by atoms with Crippen molar-refractivity contribution in [1.29, 1.82) is 0 Å². The molecule has 6 nitrogen and oxygen atoms in total. The largest absolute Gasteiger partial charge is 0.474 e. The Balaban J connectivity index is 4.40. The summed E-state index contributed by atoms with van der Waals surface area (Å²) >= 11 is 1.72. The highest BCUT2D eigenvalue weighted by atomic mass is 127. The number of halogens is 1. The minimum atomic E-state index is -1.59. The maximum atomic E-state index is 10.9. The Kier molecular flexibility index (Phi) is 5.91. The number of aliphatic carboxylic acids is 1. The summed E-state index contributed by atoms with van der Waals surface area (Å²) in [5.41, 5.74) is 0. The van der Waals surface area contributed by atoms with Crippen LogP contribution in [0.2, 0.25) is 0 Å². The third-order valence-electron chi connectivity index (χ3n) is 1.27. The molecule has 0 heterocycles. The highest BCUT2D eigenvalue weighted by molar-refractivity contribution is 14.1. The number of rotatable bonds is 4. The number of hydrogen-bond donors (Lipinski definition) is 3. The van der Waals surface area contributed by atoms with Crippen molar-refractivity contribution in [2.75, 3.05) is 19.8 Å². The number of carboxylic acids is 1. The summed E-state index contributed by atoms with van der Waals surface area (Å²) in [4.78, 5) is 22.1. The Labute approximate surface area is 88.3 Å². The molecule has 0 radical (unpaired) electrons. The van der Waals surface area contributed by atoms with E-state index >= 15 is 0 Å². The fraction of sp³-hybridized carbons (Fsp3) is 0.667. The van der Waals surface area contributed by atoms with Gasteiger partial charge in [0.25, 0.3) is 0 Å². The van der Waals surface area contributed by atoms with Crippen LogP contribution in [0.4, 0.5) is 0 Å². The number of amides is 1. The number of nitrogens with zero attached hydrogens (tertiary/aromatic N) is 1. The van der Waals surface area contributed by atoms with Gasteiger partial charge in [0.15, 0.2) is 0 Å². The monoisotopic (exact) mass is 303 g/mol. The summed E-state index contributed by atoms with van der Waals surface area (Å²) in [7, 11) is 0. The third kappa shape index (κ3) is 3.87. The lowest BCUT2D eigenvalue weighted by Gasteiger charge is -2.23. The van der Waals surface area contributed by atoms with Crippen LogP contribution in [0.3, 0.4) is 0 Å². The van der Waals surface area contributed by atoms with Crippen LogP contribution in [-0.4, -0.2) is 55.9 Å². The van der Waals surface area contributed by atoms with Gasteiger partial charge >= 0.3 is 11.9 Å². The first-order chi connectivity index (χ1) is 6.04. The molecule has 0 fully saturated rings. The summed E-state index contributed by atoms with van der Waals surface area (Å²) < 4.78 is -0.631. The number of aliphatic hydroxyl groups is 2. The highest BCUT2D eigenvalue weighted by Crippen LogP contribution is 2.07. The van der Waals surface area contributed by atoms with E-state index in [1.807, 2.05) is 0 Å². The van der Waals surface area contributed by atoms with E-state index in [0.29, 0.717) is 0 Å². The summed E-state index contributed by atoms with van der Waals surface area (Å²) in [6.45, 7) is -0.780. The minimum absolute atomic E-state index is 0.0979. The first kappa shape index (κ1) is 12.6. The summed E-state index contributed by atoms with van der Waals surface area (Å²) in [5.74, 6) is -2.72. The molecule has 1 amide bonds. The van der Waals surface area contributed by atoms with E-state index in [4.69, 9.17) is 15.3 Å². The van der Waals surface area contributed by atoms with Gasteiger partial charge in [0, 0.05) is 6.54 Å². The van der Waals surface area contributed by atoms with Crippen LogP contribution >= 0.6 is 22.6 Å². The molecule has 0 rings (SSSR count). The van der Waals surface area contributed by atoms with E-state index in [-0.39, 0.29) is 19.8 Å². The van der Waals surface area contributed by atoms with E-state index < -0.39 is 15.9 Å². The van der Waals surface area contributed by atoms with Crippen molar-refractivity contribution >= 4 is 34.5 Å². The molecule has 0 aromatic rings. The molecule has 0 aliphatic rings. The lowest BCUT2D eigenvalue weighted by Crippen LogP contribution is -2.44. The summed E-state index contributed by atoms with van der Waals surface area (Å²) in [5, 5.41) is 25.6. The lowest BCUT2D eigenvalue weighted by atomic mass is 10.4. The molecular weight excluding hydrogens is 293 g/mol. The van der Waals surface area contributed by atoms with Crippen molar-refractivity contribution < 1.29 is 24.9 Å². The van der Waals surface area contributed by atoms with Crippen molar-refractivity contribution in [3.63, 3.8) is 0 Å². The van der Waals surface area contributed by atoms with Gasteiger partial charge in [-0.3, -0.25) is 4.79 Å². The Hall–Kier alpha value is -0.410. The topological polar surface area (TPSA) is 98.1 Å². The highest BCUT2D eigenvalue weighted by Gasteiger charge is 2.25. The quantitative estimate of drug-likeness (QED) is 0.258. The molecule has 0 aromatic carbocycles. The van der Waals surface area contributed by atoms with E-state index in [1.54, 1.807) is 22.6 Å². The second kappa shape index (κ2) is 6.11. The molecule has 0 bridgehead atoms. The molecule has 0 saturated heterocycles. The van der Waals surface area contributed by atoms with Gasteiger partial charge in [0.05, 0.1) is 13.2 Å². The minimum Gasteiger partial charge on any atom is -0.474 e. The van der Waals surface area contributed by atoms with Crippen LogP contribution < -0.4 is 0 Å². The second-order valence-electron chi connectivity index (χ2n) is 2.14. The van der Waals surface area contributed by atoms with Crippen molar-refractivity contribution in [3.05, 3.63) is 0 Å². The van der Waals surface area contributed by atoms with Crippen LogP contribution in [0.1, 0.15) is 0 Å². The van der Waals surface area contributed by atoms with Crippen molar-refractivity contribution in [1.82, 2.24) is 4.90 Å². The second-order valence-corrected chi connectivity index (χ2v) is 3.58. The molecule has 0 aliphatic heterocycles. The maximum absolute atomic E-state index is 10.9. The Morgan fingerprint density at radius 1 is 1.38 bits per heavy atom. The van der Waals surface area contributed by atoms with Gasteiger partial charge in [-0.25, -0.2) is 4.79 Å². The number of carbonyl (C=O) groups excluding carboxylic acids is 1. The van der Waals surface area contributed by atoms with E-state index in [9.17, 15) is 9.59 Å². The zero-order chi connectivity index (χ0) is 10.4. The molecule has 13 heavy (non-hydrogen) atoms. The summed E-state index contributed by atoms with van der Waals surface area (Å²) in [6.07, 6.45) is 0. The molecule has 1 atom stereocenters. The molecule has 0 saturated carbocycles. The fourth-order valence-electron chi connectivity index (χ4n) is 0.698. The van der Waals surface area contributed by atoms with Crippen LogP contribution in [0, 0.1) is 0 Å². The Morgan fingerprint density at radius 3 is 2.23 bits per heavy atom. The molecule has 0 aliphatic carbocycles. The van der Waals surface area contributed by atoms with Gasteiger partial charge in [0.1, 0.15) is 4.05 Å². The van der Waals surface area contributed by atoms with Gasteiger partial charge in [0.2, 0.25) is 0 Å². The molecule has 0 spiro atoms. The number of aliphatic hydroxyl groups excluding tert-OH is 2.